The van der Waals surface area contributed by atoms with Gasteiger partial charge in [0.05, 0.1) is 0 Å². The van der Waals surface area contributed by atoms with Crippen molar-refractivity contribution in [2.75, 3.05) is 26.2 Å². The van der Waals surface area contributed by atoms with Crippen LogP contribution in [0.25, 0.3) is 0 Å². The molecule has 0 saturated carbocycles. The number of piperazine rings is 1. The van der Waals surface area contributed by atoms with Gasteiger partial charge >= 0.3 is 15.4 Å². The highest BCUT2D eigenvalue weighted by Crippen LogP contribution is 1.99. The number of carbonyl (C=O) groups is 1. The summed E-state index contributed by atoms with van der Waals surface area (Å²) in [4.78, 5) is 12.0. The normalized spacial score (nSPS) is 19.2. The Morgan fingerprint density at radius 1 is 1.33 bits per heavy atom. The summed E-state index contributed by atoms with van der Waals surface area (Å²) in [7, 11) is -4.54. The minimum Gasteiger partial charge on any atom is -0.325 e. The van der Waals surface area contributed by atoms with Crippen LogP contribution in [0.1, 0.15) is 0 Å². The molecule has 6 nitrogen and oxygen atoms in total. The SMILES string of the molecule is O=C(N1CCNCC1)S(=O)(=O)O. The number of hydrogen-bond acceptors (Lipinski definition) is 4. The van der Waals surface area contributed by atoms with Crippen LogP contribution in [0.15, 0.2) is 0 Å². The largest absolute Gasteiger partial charge is 0.366 e. The molecule has 0 aromatic heterocycles. The minimum absolute atomic E-state index is 0.318. The van der Waals surface area contributed by atoms with Crippen molar-refractivity contribution in [1.29, 1.82) is 0 Å². The van der Waals surface area contributed by atoms with Crippen molar-refractivity contribution in [1.82, 2.24) is 10.2 Å². The average Bonchev–Trinajstić information content (AvgIpc) is 2.03. The quantitative estimate of drug-likeness (QED) is 0.478. The summed E-state index contributed by atoms with van der Waals surface area (Å²) < 4.78 is 29.1. The minimum atomic E-state index is -4.54. The topological polar surface area (TPSA) is 86.7 Å². The molecule has 1 amide bonds. The van der Waals surface area contributed by atoms with Gasteiger partial charge in [0.25, 0.3) is 0 Å². The first kappa shape index (κ1) is 9.43. The molecule has 1 aliphatic heterocycles. The van der Waals surface area contributed by atoms with E-state index in [1.165, 1.54) is 0 Å². The van der Waals surface area contributed by atoms with Gasteiger partial charge in [-0.25, -0.2) is 0 Å². The van der Waals surface area contributed by atoms with Crippen molar-refractivity contribution in [3.8, 4) is 0 Å². The zero-order valence-corrected chi connectivity index (χ0v) is 7.17. The lowest BCUT2D eigenvalue weighted by Crippen LogP contribution is -2.47. The van der Waals surface area contributed by atoms with Crippen LogP contribution < -0.4 is 5.32 Å². The maximum absolute atomic E-state index is 10.9. The van der Waals surface area contributed by atoms with E-state index in [4.69, 9.17) is 4.55 Å². The molecular weight excluding hydrogens is 184 g/mol. The standard InChI is InChI=1S/C5H10N2O4S/c8-5(12(9,10)11)7-3-1-6-2-4-7/h6H,1-4H2,(H,9,10,11). The third-order valence-corrected chi connectivity index (χ3v) is 2.30. The molecule has 2 N–H and O–H groups in total. The van der Waals surface area contributed by atoms with Gasteiger partial charge in [-0.3, -0.25) is 9.35 Å². The van der Waals surface area contributed by atoms with Gasteiger partial charge in [0, 0.05) is 26.2 Å². The lowest BCUT2D eigenvalue weighted by molar-refractivity contribution is 0.209. The van der Waals surface area contributed by atoms with Crippen molar-refractivity contribution < 1.29 is 17.8 Å². The van der Waals surface area contributed by atoms with Crippen LogP contribution in [0.2, 0.25) is 0 Å². The Morgan fingerprint density at radius 3 is 2.25 bits per heavy atom. The molecule has 1 rings (SSSR count). The Kier molecular flexibility index (Phi) is 2.65. The molecule has 0 bridgehead atoms. The Labute approximate surface area is 70.3 Å². The van der Waals surface area contributed by atoms with Crippen LogP contribution in [0.4, 0.5) is 4.79 Å². The van der Waals surface area contributed by atoms with Crippen molar-refractivity contribution in [2.24, 2.45) is 0 Å². The number of carbonyl (C=O) groups excluding carboxylic acids is 1. The van der Waals surface area contributed by atoms with Gasteiger partial charge in [-0.2, -0.15) is 8.42 Å². The van der Waals surface area contributed by atoms with Crippen LogP contribution in [-0.2, 0) is 10.1 Å². The van der Waals surface area contributed by atoms with E-state index in [0.717, 1.165) is 4.90 Å². The molecule has 1 saturated heterocycles. The Hall–Kier alpha value is -0.660. The molecule has 70 valence electrons. The first-order valence-corrected chi connectivity index (χ1v) is 4.93. The van der Waals surface area contributed by atoms with Gasteiger partial charge in [0.2, 0.25) is 0 Å². The molecule has 0 unspecified atom stereocenters. The molecule has 0 atom stereocenters. The second kappa shape index (κ2) is 3.38. The fourth-order valence-corrected chi connectivity index (χ4v) is 1.52. The fraction of sp³-hybridized carbons (Fsp3) is 0.800. The number of rotatable bonds is 0. The Balaban J connectivity index is 2.64. The molecule has 7 heteroatoms. The molecular formula is C5H10N2O4S. The monoisotopic (exact) mass is 194 g/mol. The summed E-state index contributed by atoms with van der Waals surface area (Å²) in [6.45, 7) is 1.75. The lowest BCUT2D eigenvalue weighted by Gasteiger charge is -2.25. The van der Waals surface area contributed by atoms with Crippen molar-refractivity contribution in [2.45, 2.75) is 0 Å². The van der Waals surface area contributed by atoms with Crippen LogP contribution >= 0.6 is 0 Å². The van der Waals surface area contributed by atoms with Crippen LogP contribution in [0.5, 0.6) is 0 Å². The molecule has 0 spiro atoms. The van der Waals surface area contributed by atoms with E-state index in [0.29, 0.717) is 26.2 Å². The lowest BCUT2D eigenvalue weighted by atomic mass is 10.4. The maximum atomic E-state index is 10.9. The number of hydrogen-bond donors (Lipinski definition) is 2. The summed E-state index contributed by atoms with van der Waals surface area (Å²) in [5, 5.41) is 1.75. The second-order valence-corrected chi connectivity index (χ2v) is 3.78. The summed E-state index contributed by atoms with van der Waals surface area (Å²) in [6.07, 6.45) is 0. The van der Waals surface area contributed by atoms with E-state index in [1.807, 2.05) is 0 Å². The predicted octanol–water partition coefficient (Wildman–Crippen LogP) is -1.10. The highest BCUT2D eigenvalue weighted by atomic mass is 32.2. The van der Waals surface area contributed by atoms with Gasteiger partial charge in [0.1, 0.15) is 0 Å². The summed E-state index contributed by atoms with van der Waals surface area (Å²) in [5.74, 6) is 0. The summed E-state index contributed by atoms with van der Waals surface area (Å²) in [5.41, 5.74) is 0. The summed E-state index contributed by atoms with van der Waals surface area (Å²) in [6, 6.07) is 0. The van der Waals surface area contributed by atoms with Crippen LogP contribution in [-0.4, -0.2) is 49.3 Å². The van der Waals surface area contributed by atoms with Gasteiger partial charge in [-0.1, -0.05) is 0 Å². The number of nitrogens with one attached hydrogen (secondary N) is 1. The predicted molar refractivity (Wildman–Crippen MR) is 41.4 cm³/mol. The van der Waals surface area contributed by atoms with E-state index < -0.39 is 15.4 Å². The van der Waals surface area contributed by atoms with Crippen molar-refractivity contribution in [3.05, 3.63) is 0 Å². The van der Waals surface area contributed by atoms with Crippen LogP contribution in [0, 0.1) is 0 Å². The molecule has 1 heterocycles. The van der Waals surface area contributed by atoms with E-state index in [9.17, 15) is 13.2 Å². The molecule has 12 heavy (non-hydrogen) atoms. The maximum Gasteiger partial charge on any atom is 0.366 e. The smallest absolute Gasteiger partial charge is 0.325 e. The van der Waals surface area contributed by atoms with E-state index >= 15 is 0 Å². The van der Waals surface area contributed by atoms with E-state index in [2.05, 4.69) is 5.32 Å². The third-order valence-electron chi connectivity index (χ3n) is 1.60. The van der Waals surface area contributed by atoms with Crippen molar-refractivity contribution >= 4 is 15.4 Å². The second-order valence-electron chi connectivity index (χ2n) is 2.48. The molecule has 1 aliphatic rings. The van der Waals surface area contributed by atoms with Gasteiger partial charge in [0.15, 0.2) is 0 Å². The first-order chi connectivity index (χ1) is 5.52. The summed E-state index contributed by atoms with van der Waals surface area (Å²) >= 11 is 0. The highest BCUT2D eigenvalue weighted by Gasteiger charge is 2.26. The Morgan fingerprint density at radius 2 is 1.83 bits per heavy atom. The average molecular weight is 194 g/mol. The zero-order chi connectivity index (χ0) is 9.19. The molecule has 0 aromatic carbocycles. The number of amides is 1. The molecule has 0 aromatic rings. The first-order valence-electron chi connectivity index (χ1n) is 3.49. The van der Waals surface area contributed by atoms with Crippen LogP contribution in [0.3, 0.4) is 0 Å². The van der Waals surface area contributed by atoms with E-state index in [-0.39, 0.29) is 0 Å². The fourth-order valence-electron chi connectivity index (χ4n) is 1.01. The third kappa shape index (κ3) is 2.16. The zero-order valence-electron chi connectivity index (χ0n) is 6.36. The molecule has 0 aliphatic carbocycles. The number of nitrogens with zero attached hydrogens (tertiary/aromatic N) is 1. The van der Waals surface area contributed by atoms with Gasteiger partial charge < -0.3 is 10.2 Å². The molecule has 0 radical (unpaired) electrons. The highest BCUT2D eigenvalue weighted by molar-refractivity contribution is 8.01. The van der Waals surface area contributed by atoms with Crippen molar-refractivity contribution in [3.63, 3.8) is 0 Å². The van der Waals surface area contributed by atoms with Gasteiger partial charge in [-0.15, -0.1) is 0 Å². The van der Waals surface area contributed by atoms with Gasteiger partial charge in [-0.05, 0) is 0 Å². The van der Waals surface area contributed by atoms with E-state index in [1.54, 1.807) is 0 Å². The molecule has 1 fully saturated rings. The Bertz CT molecular complexity index is 267.